The smallest absolute Gasteiger partial charge is 0.139 e. The Hall–Kier alpha value is -2.49. The van der Waals surface area contributed by atoms with E-state index in [1.54, 1.807) is 6.07 Å². The zero-order valence-corrected chi connectivity index (χ0v) is 16.6. The first-order valence-electron chi connectivity index (χ1n) is 9.11. The number of hydrogen-bond donors (Lipinski definition) is 2. The number of anilines is 1. The quantitative estimate of drug-likeness (QED) is 0.639. The molecule has 2 aromatic heterocycles. The largest absolute Gasteiger partial charge is 0.507 e. The minimum Gasteiger partial charge on any atom is -0.507 e. The van der Waals surface area contributed by atoms with E-state index in [1.165, 1.54) is 0 Å². The van der Waals surface area contributed by atoms with Gasteiger partial charge in [0.15, 0.2) is 0 Å². The highest BCUT2D eigenvalue weighted by Gasteiger charge is 2.28. The number of phenols is 1. The van der Waals surface area contributed by atoms with E-state index in [0.717, 1.165) is 34.7 Å². The van der Waals surface area contributed by atoms with Gasteiger partial charge in [0.25, 0.3) is 0 Å². The number of aromatic nitrogens is 2. The maximum absolute atomic E-state index is 10.4. The summed E-state index contributed by atoms with van der Waals surface area (Å²) in [6.45, 7) is 13.2. The van der Waals surface area contributed by atoms with Crippen molar-refractivity contribution in [3.63, 3.8) is 0 Å². The van der Waals surface area contributed by atoms with Crippen LogP contribution in [-0.2, 0) is 0 Å². The molecule has 0 amide bonds. The Labute approximate surface area is 155 Å². The number of hydrogen-bond acceptors (Lipinski definition) is 3. The first-order valence-corrected chi connectivity index (χ1v) is 9.11. The summed E-state index contributed by atoms with van der Waals surface area (Å²) in [6, 6.07) is 11.5. The number of fused-ring (bicyclic) bond motifs is 1. The number of para-hydroxylation sites is 1. The Kier molecular flexibility index (Phi) is 4.47. The average molecular weight is 351 g/mol. The number of imidazole rings is 1. The molecule has 0 bridgehead atoms. The van der Waals surface area contributed by atoms with Crippen LogP contribution in [0, 0.1) is 12.3 Å². The van der Waals surface area contributed by atoms with Gasteiger partial charge in [-0.2, -0.15) is 0 Å². The lowest BCUT2D eigenvalue weighted by molar-refractivity contribution is 0.302. The number of pyridine rings is 1. The predicted molar refractivity (Wildman–Crippen MR) is 109 cm³/mol. The van der Waals surface area contributed by atoms with Crippen LogP contribution in [0.4, 0.5) is 5.82 Å². The second-order valence-corrected chi connectivity index (χ2v) is 9.00. The molecule has 0 saturated heterocycles. The third-order valence-electron chi connectivity index (χ3n) is 4.37. The van der Waals surface area contributed by atoms with Gasteiger partial charge < -0.3 is 10.4 Å². The van der Waals surface area contributed by atoms with E-state index in [-0.39, 0.29) is 16.7 Å². The van der Waals surface area contributed by atoms with Crippen LogP contribution in [0.15, 0.2) is 42.6 Å². The molecule has 0 spiro atoms. The van der Waals surface area contributed by atoms with E-state index in [1.807, 2.05) is 24.4 Å². The summed E-state index contributed by atoms with van der Waals surface area (Å²) in [6.07, 6.45) is 3.04. The molecule has 0 unspecified atom stereocenters. The van der Waals surface area contributed by atoms with Crippen molar-refractivity contribution in [3.8, 4) is 17.0 Å². The molecule has 4 nitrogen and oxygen atoms in total. The lowest BCUT2D eigenvalue weighted by Gasteiger charge is -2.34. The summed E-state index contributed by atoms with van der Waals surface area (Å²) in [7, 11) is 0. The van der Waals surface area contributed by atoms with E-state index in [9.17, 15) is 5.11 Å². The lowest BCUT2D eigenvalue weighted by atomic mass is 9.82. The second kappa shape index (κ2) is 6.35. The van der Waals surface area contributed by atoms with Crippen LogP contribution in [0.3, 0.4) is 0 Å². The van der Waals surface area contributed by atoms with Gasteiger partial charge in [-0.25, -0.2) is 4.98 Å². The van der Waals surface area contributed by atoms with Crippen LogP contribution in [0.2, 0.25) is 0 Å². The van der Waals surface area contributed by atoms with E-state index in [4.69, 9.17) is 4.98 Å². The van der Waals surface area contributed by atoms with Crippen molar-refractivity contribution < 1.29 is 5.11 Å². The number of nitrogens with one attached hydrogen (secondary N) is 1. The number of aromatic hydroxyl groups is 1. The molecule has 0 atom stereocenters. The van der Waals surface area contributed by atoms with Crippen LogP contribution in [0.1, 0.15) is 46.6 Å². The molecule has 2 N–H and O–H groups in total. The molecule has 0 fully saturated rings. The molecule has 4 heteroatoms. The Morgan fingerprint density at radius 3 is 2.42 bits per heavy atom. The second-order valence-electron chi connectivity index (χ2n) is 9.00. The molecule has 0 aliphatic heterocycles. The SMILES string of the molecule is Cc1ccn2c(NC(C)(C)CC(C)(C)C)c(-c3ccccc3O)nc2c1. The summed E-state index contributed by atoms with van der Waals surface area (Å²) in [5, 5.41) is 14.1. The summed E-state index contributed by atoms with van der Waals surface area (Å²) in [5.41, 5.74) is 3.61. The molecule has 0 saturated carbocycles. The zero-order valence-electron chi connectivity index (χ0n) is 16.6. The number of nitrogens with zero attached hydrogens (tertiary/aromatic N) is 2. The fourth-order valence-corrected chi connectivity index (χ4v) is 3.82. The molecule has 3 rings (SSSR count). The summed E-state index contributed by atoms with van der Waals surface area (Å²) in [4.78, 5) is 4.83. The normalized spacial score (nSPS) is 12.5. The summed E-state index contributed by atoms with van der Waals surface area (Å²) >= 11 is 0. The number of aryl methyl sites for hydroxylation is 1. The van der Waals surface area contributed by atoms with Gasteiger partial charge in [0.05, 0.1) is 0 Å². The zero-order chi connectivity index (χ0) is 19.1. The standard InChI is InChI=1S/C22H29N3O/c1-15-11-12-25-18(13-15)23-19(16-9-7-8-10-17(16)26)20(25)24-22(5,6)14-21(2,3)4/h7-13,24,26H,14H2,1-6H3. The van der Waals surface area contributed by atoms with Gasteiger partial charge in [0, 0.05) is 17.3 Å². The fourth-order valence-electron chi connectivity index (χ4n) is 3.82. The molecular formula is C22H29N3O. The first kappa shape index (κ1) is 18.3. The Morgan fingerprint density at radius 1 is 1.08 bits per heavy atom. The van der Waals surface area contributed by atoms with Gasteiger partial charge in [-0.15, -0.1) is 0 Å². The van der Waals surface area contributed by atoms with Crippen molar-refractivity contribution in [1.82, 2.24) is 9.38 Å². The highest BCUT2D eigenvalue weighted by atomic mass is 16.3. The minimum atomic E-state index is -0.127. The van der Waals surface area contributed by atoms with Crippen LogP contribution in [-0.4, -0.2) is 20.0 Å². The molecule has 2 heterocycles. The van der Waals surface area contributed by atoms with Gasteiger partial charge in [-0.05, 0) is 62.4 Å². The van der Waals surface area contributed by atoms with Gasteiger partial charge in [0.2, 0.25) is 0 Å². The molecule has 0 aliphatic rings. The molecular weight excluding hydrogens is 322 g/mol. The van der Waals surface area contributed by atoms with Crippen molar-refractivity contribution in [2.45, 2.75) is 53.5 Å². The van der Waals surface area contributed by atoms with Crippen molar-refractivity contribution in [3.05, 3.63) is 48.2 Å². The van der Waals surface area contributed by atoms with Gasteiger partial charge in [0.1, 0.15) is 22.9 Å². The Bertz CT molecular complexity index is 932. The molecule has 138 valence electrons. The van der Waals surface area contributed by atoms with Gasteiger partial charge in [-0.1, -0.05) is 32.9 Å². The highest BCUT2D eigenvalue weighted by molar-refractivity contribution is 5.80. The van der Waals surface area contributed by atoms with Crippen LogP contribution >= 0.6 is 0 Å². The number of rotatable bonds is 4. The van der Waals surface area contributed by atoms with E-state index < -0.39 is 0 Å². The number of benzene rings is 1. The third kappa shape index (κ3) is 3.85. The molecule has 3 aromatic rings. The van der Waals surface area contributed by atoms with Gasteiger partial charge >= 0.3 is 0 Å². The Morgan fingerprint density at radius 2 is 1.77 bits per heavy atom. The van der Waals surface area contributed by atoms with Crippen molar-refractivity contribution in [2.24, 2.45) is 5.41 Å². The number of phenolic OH excluding ortho intramolecular Hbond substituents is 1. The van der Waals surface area contributed by atoms with Crippen LogP contribution < -0.4 is 5.32 Å². The predicted octanol–water partition coefficient (Wildman–Crippen LogP) is 5.64. The minimum absolute atomic E-state index is 0.127. The maximum atomic E-state index is 10.4. The van der Waals surface area contributed by atoms with Crippen LogP contribution in [0.25, 0.3) is 16.9 Å². The maximum Gasteiger partial charge on any atom is 0.139 e. The highest BCUT2D eigenvalue weighted by Crippen LogP contribution is 2.37. The average Bonchev–Trinajstić information content (AvgIpc) is 2.82. The molecule has 0 radical (unpaired) electrons. The van der Waals surface area contributed by atoms with Crippen LogP contribution in [0.5, 0.6) is 5.75 Å². The van der Waals surface area contributed by atoms with E-state index in [2.05, 4.69) is 63.4 Å². The van der Waals surface area contributed by atoms with E-state index >= 15 is 0 Å². The fraction of sp³-hybridized carbons (Fsp3) is 0.409. The monoisotopic (exact) mass is 351 g/mol. The van der Waals surface area contributed by atoms with Crippen molar-refractivity contribution in [1.29, 1.82) is 0 Å². The lowest BCUT2D eigenvalue weighted by Crippen LogP contribution is -2.36. The van der Waals surface area contributed by atoms with Crippen molar-refractivity contribution in [2.75, 3.05) is 5.32 Å². The van der Waals surface area contributed by atoms with Crippen molar-refractivity contribution >= 4 is 11.5 Å². The summed E-state index contributed by atoms with van der Waals surface area (Å²) in [5.74, 6) is 1.15. The topological polar surface area (TPSA) is 49.6 Å². The first-order chi connectivity index (χ1) is 12.1. The molecule has 26 heavy (non-hydrogen) atoms. The van der Waals surface area contributed by atoms with Gasteiger partial charge in [-0.3, -0.25) is 4.40 Å². The Balaban J connectivity index is 2.16. The molecule has 0 aliphatic carbocycles. The summed E-state index contributed by atoms with van der Waals surface area (Å²) < 4.78 is 2.07. The molecule has 1 aromatic carbocycles. The van der Waals surface area contributed by atoms with E-state index in [0.29, 0.717) is 0 Å². The third-order valence-corrected chi connectivity index (χ3v) is 4.37.